The number of ether oxygens (including phenoxy) is 1. The van der Waals surface area contributed by atoms with Crippen molar-refractivity contribution < 1.29 is 19.4 Å². The number of carboxylic acids is 1. The van der Waals surface area contributed by atoms with Crippen LogP contribution < -0.4 is 0 Å². The van der Waals surface area contributed by atoms with E-state index >= 15 is 0 Å². The van der Waals surface area contributed by atoms with Crippen molar-refractivity contribution in [2.45, 2.75) is 19.9 Å². The summed E-state index contributed by atoms with van der Waals surface area (Å²) in [6.45, 7) is 4.69. The number of nitrogens with zero attached hydrogens (tertiary/aromatic N) is 1. The van der Waals surface area contributed by atoms with Crippen LogP contribution in [0.1, 0.15) is 21.6 Å². The number of hydrogen-bond donors (Lipinski definition) is 2. The second-order valence-electron chi connectivity index (χ2n) is 5.58. The molecule has 1 saturated heterocycles. The molecule has 2 N–H and O–H groups in total. The van der Waals surface area contributed by atoms with Gasteiger partial charge in [0.05, 0.1) is 13.2 Å². The van der Waals surface area contributed by atoms with Gasteiger partial charge in [-0.05, 0) is 37.1 Å². The Balaban J connectivity index is 1.97. The molecule has 1 aliphatic rings. The van der Waals surface area contributed by atoms with Gasteiger partial charge in [0.1, 0.15) is 5.69 Å². The van der Waals surface area contributed by atoms with Crippen molar-refractivity contribution in [3.8, 4) is 0 Å². The Morgan fingerprint density at radius 1 is 1.36 bits per heavy atom. The standard InChI is InChI=1S/C16H18N2O4/c1-9-3-4-12-11(10(9)2)7-13(17-12)15(19)18-5-6-22-8-14(18)16(20)21/h3-4,7,14,17H,5-6,8H2,1-2H3,(H,20,21)/t14-/m1/s1. The normalized spacial score (nSPS) is 18.6. The van der Waals surface area contributed by atoms with E-state index in [1.165, 1.54) is 4.90 Å². The fourth-order valence-corrected chi connectivity index (χ4v) is 2.78. The first-order valence-corrected chi connectivity index (χ1v) is 7.19. The third-order valence-electron chi connectivity index (χ3n) is 4.25. The maximum atomic E-state index is 12.7. The molecule has 1 aromatic heterocycles. The summed E-state index contributed by atoms with van der Waals surface area (Å²) in [4.78, 5) is 28.4. The van der Waals surface area contributed by atoms with Gasteiger partial charge >= 0.3 is 5.97 Å². The Hall–Kier alpha value is -2.34. The Morgan fingerprint density at radius 3 is 2.86 bits per heavy atom. The molecule has 1 aromatic carbocycles. The van der Waals surface area contributed by atoms with E-state index in [1.807, 2.05) is 26.0 Å². The van der Waals surface area contributed by atoms with Crippen LogP contribution in [0.5, 0.6) is 0 Å². The first-order chi connectivity index (χ1) is 10.5. The van der Waals surface area contributed by atoms with Gasteiger partial charge in [-0.1, -0.05) is 6.07 Å². The average Bonchev–Trinajstić information content (AvgIpc) is 2.95. The van der Waals surface area contributed by atoms with Gasteiger partial charge in [0.2, 0.25) is 0 Å². The van der Waals surface area contributed by atoms with Crippen molar-refractivity contribution in [3.05, 3.63) is 35.0 Å². The molecule has 2 aromatic rings. The minimum absolute atomic E-state index is 0.0272. The highest BCUT2D eigenvalue weighted by Crippen LogP contribution is 2.23. The van der Waals surface area contributed by atoms with Crippen LogP contribution in [0.4, 0.5) is 0 Å². The number of carboxylic acid groups (broad SMARTS) is 1. The number of H-pyrrole nitrogens is 1. The molecular formula is C16H18N2O4. The van der Waals surface area contributed by atoms with Crippen molar-refractivity contribution in [2.24, 2.45) is 0 Å². The SMILES string of the molecule is Cc1ccc2[nH]c(C(=O)N3CCOC[C@@H]3C(=O)O)cc2c1C. The molecule has 3 rings (SSSR count). The smallest absolute Gasteiger partial charge is 0.328 e. The quantitative estimate of drug-likeness (QED) is 0.884. The molecule has 0 unspecified atom stereocenters. The molecule has 1 aliphatic heterocycles. The molecule has 1 fully saturated rings. The largest absolute Gasteiger partial charge is 0.480 e. The van der Waals surface area contributed by atoms with Gasteiger partial charge in [-0.2, -0.15) is 0 Å². The van der Waals surface area contributed by atoms with Crippen LogP contribution in [0.25, 0.3) is 10.9 Å². The van der Waals surface area contributed by atoms with Crippen LogP contribution in [-0.4, -0.2) is 52.7 Å². The summed E-state index contributed by atoms with van der Waals surface area (Å²) in [5.41, 5.74) is 3.56. The Bertz CT molecular complexity index is 750. The number of morpholine rings is 1. The number of benzene rings is 1. The van der Waals surface area contributed by atoms with Crippen LogP contribution in [0.3, 0.4) is 0 Å². The lowest BCUT2D eigenvalue weighted by molar-refractivity contribution is -0.147. The Morgan fingerprint density at radius 2 is 2.14 bits per heavy atom. The number of fused-ring (bicyclic) bond motifs is 1. The summed E-state index contributed by atoms with van der Waals surface area (Å²) in [6, 6.07) is 4.80. The summed E-state index contributed by atoms with van der Waals surface area (Å²) in [5, 5.41) is 10.2. The van der Waals surface area contributed by atoms with E-state index < -0.39 is 12.0 Å². The summed E-state index contributed by atoms with van der Waals surface area (Å²) in [7, 11) is 0. The molecule has 6 heteroatoms. The zero-order chi connectivity index (χ0) is 15.9. The van der Waals surface area contributed by atoms with Gasteiger partial charge in [0, 0.05) is 17.4 Å². The van der Waals surface area contributed by atoms with Crippen molar-refractivity contribution in [3.63, 3.8) is 0 Å². The minimum Gasteiger partial charge on any atom is -0.480 e. The summed E-state index contributed by atoms with van der Waals surface area (Å²) < 4.78 is 5.17. The summed E-state index contributed by atoms with van der Waals surface area (Å²) >= 11 is 0. The van der Waals surface area contributed by atoms with Crippen molar-refractivity contribution >= 4 is 22.8 Å². The molecule has 116 valence electrons. The van der Waals surface area contributed by atoms with Crippen LogP contribution in [0.15, 0.2) is 18.2 Å². The van der Waals surface area contributed by atoms with Gasteiger partial charge in [-0.3, -0.25) is 4.79 Å². The number of aliphatic carboxylic acids is 1. The fraction of sp³-hybridized carbons (Fsp3) is 0.375. The molecule has 1 amide bonds. The van der Waals surface area contributed by atoms with Gasteiger partial charge in [0.15, 0.2) is 6.04 Å². The number of carbonyl (C=O) groups is 2. The third-order valence-corrected chi connectivity index (χ3v) is 4.25. The number of hydrogen-bond acceptors (Lipinski definition) is 3. The van der Waals surface area contributed by atoms with E-state index in [0.717, 1.165) is 22.0 Å². The highest BCUT2D eigenvalue weighted by atomic mass is 16.5. The molecule has 22 heavy (non-hydrogen) atoms. The molecule has 0 bridgehead atoms. The van der Waals surface area contributed by atoms with Gasteiger partial charge in [-0.25, -0.2) is 4.79 Å². The predicted octanol–water partition coefficient (Wildman–Crippen LogP) is 1.71. The lowest BCUT2D eigenvalue weighted by atomic mass is 10.1. The maximum Gasteiger partial charge on any atom is 0.328 e. The van der Waals surface area contributed by atoms with Crippen molar-refractivity contribution in [2.75, 3.05) is 19.8 Å². The second-order valence-corrected chi connectivity index (χ2v) is 5.58. The van der Waals surface area contributed by atoms with E-state index in [2.05, 4.69) is 4.98 Å². The van der Waals surface area contributed by atoms with Crippen LogP contribution in [0.2, 0.25) is 0 Å². The molecule has 0 radical (unpaired) electrons. The number of aryl methyl sites for hydroxylation is 2. The number of nitrogens with one attached hydrogen (secondary N) is 1. The minimum atomic E-state index is -1.05. The van der Waals surface area contributed by atoms with E-state index in [1.54, 1.807) is 6.07 Å². The number of aromatic nitrogens is 1. The molecule has 6 nitrogen and oxygen atoms in total. The van der Waals surface area contributed by atoms with Crippen molar-refractivity contribution in [1.82, 2.24) is 9.88 Å². The van der Waals surface area contributed by atoms with Crippen LogP contribution in [-0.2, 0) is 9.53 Å². The molecule has 2 heterocycles. The fourth-order valence-electron chi connectivity index (χ4n) is 2.78. The highest BCUT2D eigenvalue weighted by Gasteiger charge is 2.33. The number of carbonyl (C=O) groups excluding carboxylic acids is 1. The lowest BCUT2D eigenvalue weighted by Gasteiger charge is -2.32. The third kappa shape index (κ3) is 2.35. The van der Waals surface area contributed by atoms with E-state index in [9.17, 15) is 14.7 Å². The van der Waals surface area contributed by atoms with E-state index in [-0.39, 0.29) is 19.1 Å². The lowest BCUT2D eigenvalue weighted by Crippen LogP contribution is -2.52. The van der Waals surface area contributed by atoms with E-state index in [0.29, 0.717) is 12.3 Å². The van der Waals surface area contributed by atoms with Crippen LogP contribution in [0, 0.1) is 13.8 Å². The van der Waals surface area contributed by atoms with Gasteiger partial charge in [-0.15, -0.1) is 0 Å². The average molecular weight is 302 g/mol. The van der Waals surface area contributed by atoms with Crippen molar-refractivity contribution in [1.29, 1.82) is 0 Å². The second kappa shape index (κ2) is 5.46. The molecule has 0 saturated carbocycles. The zero-order valence-corrected chi connectivity index (χ0v) is 12.5. The highest BCUT2D eigenvalue weighted by molar-refractivity contribution is 6.00. The summed E-state index contributed by atoms with van der Waals surface area (Å²) in [6.07, 6.45) is 0. The molecular weight excluding hydrogens is 284 g/mol. The maximum absolute atomic E-state index is 12.7. The number of rotatable bonds is 2. The molecule has 0 spiro atoms. The van der Waals surface area contributed by atoms with Crippen LogP contribution >= 0.6 is 0 Å². The monoisotopic (exact) mass is 302 g/mol. The Labute approximate surface area is 127 Å². The number of amides is 1. The Kier molecular flexibility index (Phi) is 3.62. The molecule has 1 atom stereocenters. The number of aromatic amines is 1. The zero-order valence-electron chi connectivity index (χ0n) is 12.5. The van der Waals surface area contributed by atoms with Gasteiger partial charge in [0.25, 0.3) is 5.91 Å². The topological polar surface area (TPSA) is 82.6 Å². The van der Waals surface area contributed by atoms with E-state index in [4.69, 9.17) is 4.74 Å². The molecule has 0 aliphatic carbocycles. The van der Waals surface area contributed by atoms with Gasteiger partial charge < -0.3 is 19.7 Å². The predicted molar refractivity (Wildman–Crippen MR) is 81.1 cm³/mol. The summed E-state index contributed by atoms with van der Waals surface area (Å²) in [5.74, 6) is -1.35. The first kappa shape index (κ1) is 14.6. The first-order valence-electron chi connectivity index (χ1n) is 7.19.